The van der Waals surface area contributed by atoms with E-state index in [2.05, 4.69) is 16.0 Å². The molecule has 0 aliphatic carbocycles. The van der Waals surface area contributed by atoms with Crippen LogP contribution in [0.15, 0.2) is 66.7 Å². The Morgan fingerprint density at radius 3 is 2.45 bits per heavy atom. The largest absolute Gasteiger partial charge is 0.324 e. The van der Waals surface area contributed by atoms with Gasteiger partial charge in [0.05, 0.1) is 9.88 Å². The minimum Gasteiger partial charge on any atom is -0.321 e. The molecule has 2 heterocycles. The monoisotopic (exact) mass is 434 g/mol. The highest BCUT2D eigenvalue weighted by Crippen LogP contribution is 2.26. The van der Waals surface area contributed by atoms with Crippen LogP contribution >= 0.6 is 11.3 Å². The van der Waals surface area contributed by atoms with Crippen LogP contribution in [0.1, 0.15) is 28.9 Å². The molecule has 158 valence electrons. The van der Waals surface area contributed by atoms with Crippen LogP contribution in [0.3, 0.4) is 0 Å². The minimum absolute atomic E-state index is 0.109. The number of piperidine rings is 1. The fraction of sp³-hybridized carbons (Fsp3) is 0.174. The van der Waals surface area contributed by atoms with E-state index in [0.717, 1.165) is 18.5 Å². The Labute approximate surface area is 184 Å². The average Bonchev–Trinajstić information content (AvgIpc) is 3.23. The third kappa shape index (κ3) is 5.29. The number of benzene rings is 2. The van der Waals surface area contributed by atoms with Gasteiger partial charge in [0.2, 0.25) is 5.91 Å². The number of para-hydroxylation sites is 1. The number of rotatable bonds is 5. The minimum atomic E-state index is -0.376. The Bertz CT molecular complexity index is 1100. The zero-order valence-electron chi connectivity index (χ0n) is 16.8. The lowest BCUT2D eigenvalue weighted by Gasteiger charge is -2.27. The van der Waals surface area contributed by atoms with E-state index in [9.17, 15) is 14.4 Å². The average molecular weight is 435 g/mol. The maximum atomic E-state index is 12.6. The summed E-state index contributed by atoms with van der Waals surface area (Å²) < 4.78 is 0. The highest BCUT2D eigenvalue weighted by molar-refractivity contribution is 7.18. The summed E-state index contributed by atoms with van der Waals surface area (Å²) in [5.74, 6) is -0.166. The fourth-order valence-corrected chi connectivity index (χ4v) is 4.14. The number of thiophene rings is 1. The molecule has 31 heavy (non-hydrogen) atoms. The summed E-state index contributed by atoms with van der Waals surface area (Å²) in [5.41, 5.74) is 2.08. The Morgan fingerprint density at radius 1 is 0.839 bits per heavy atom. The molecule has 1 saturated heterocycles. The van der Waals surface area contributed by atoms with Crippen LogP contribution in [0.2, 0.25) is 0 Å². The molecule has 8 heteroatoms. The lowest BCUT2D eigenvalue weighted by atomic mass is 10.1. The lowest BCUT2D eigenvalue weighted by molar-refractivity contribution is -0.119. The first-order valence-corrected chi connectivity index (χ1v) is 10.8. The van der Waals surface area contributed by atoms with Crippen LogP contribution in [0.5, 0.6) is 0 Å². The smallest absolute Gasteiger partial charge is 0.321 e. The Morgan fingerprint density at radius 2 is 1.65 bits per heavy atom. The van der Waals surface area contributed by atoms with Crippen molar-refractivity contribution in [3.05, 3.63) is 71.6 Å². The van der Waals surface area contributed by atoms with Gasteiger partial charge in [0.1, 0.15) is 0 Å². The molecule has 1 fully saturated rings. The molecule has 0 spiro atoms. The first-order valence-electron chi connectivity index (χ1n) is 10.0. The van der Waals surface area contributed by atoms with Gasteiger partial charge >= 0.3 is 6.03 Å². The lowest BCUT2D eigenvalue weighted by Crippen LogP contribution is -2.35. The van der Waals surface area contributed by atoms with Crippen molar-refractivity contribution in [3.63, 3.8) is 0 Å². The van der Waals surface area contributed by atoms with E-state index in [-0.39, 0.29) is 17.8 Å². The van der Waals surface area contributed by atoms with Gasteiger partial charge in [-0.05, 0) is 55.3 Å². The molecule has 0 atom stereocenters. The van der Waals surface area contributed by atoms with E-state index in [1.807, 2.05) is 30.3 Å². The Kier molecular flexibility index (Phi) is 6.28. The number of amides is 4. The van der Waals surface area contributed by atoms with Crippen LogP contribution < -0.4 is 20.9 Å². The zero-order chi connectivity index (χ0) is 21.6. The molecule has 7 nitrogen and oxygen atoms in total. The van der Waals surface area contributed by atoms with Crippen LogP contribution in [-0.4, -0.2) is 24.4 Å². The van der Waals surface area contributed by atoms with Crippen LogP contribution in [0.4, 0.5) is 26.9 Å². The summed E-state index contributed by atoms with van der Waals surface area (Å²) in [6.45, 7) is 0.696. The van der Waals surface area contributed by atoms with Crippen molar-refractivity contribution in [2.24, 2.45) is 0 Å². The summed E-state index contributed by atoms with van der Waals surface area (Å²) in [5, 5.41) is 8.89. The number of nitrogens with one attached hydrogen (secondary N) is 3. The van der Waals surface area contributed by atoms with Crippen molar-refractivity contribution in [2.45, 2.75) is 19.3 Å². The molecule has 0 bridgehead atoms. The van der Waals surface area contributed by atoms with Gasteiger partial charge in [0.25, 0.3) is 5.91 Å². The Hall–Kier alpha value is -3.65. The molecular weight excluding hydrogens is 412 g/mol. The molecule has 2 aromatic carbocycles. The molecule has 0 saturated carbocycles. The van der Waals surface area contributed by atoms with Gasteiger partial charge in [-0.25, -0.2) is 4.79 Å². The van der Waals surface area contributed by atoms with E-state index in [1.54, 1.807) is 41.3 Å². The SMILES string of the molecule is O=C(Nc1ccccc1)Nc1ccc(C(=O)Nc2cccc(N3CCCCC3=O)c2)s1. The van der Waals surface area contributed by atoms with Gasteiger partial charge in [-0.1, -0.05) is 24.3 Å². The van der Waals surface area contributed by atoms with Crippen LogP contribution in [0.25, 0.3) is 0 Å². The second kappa shape index (κ2) is 9.44. The highest BCUT2D eigenvalue weighted by Gasteiger charge is 2.20. The number of anilines is 4. The van der Waals surface area contributed by atoms with E-state index >= 15 is 0 Å². The van der Waals surface area contributed by atoms with Crippen molar-refractivity contribution in [2.75, 3.05) is 27.4 Å². The van der Waals surface area contributed by atoms with Crippen molar-refractivity contribution < 1.29 is 14.4 Å². The summed E-state index contributed by atoms with van der Waals surface area (Å²) in [6.07, 6.45) is 2.45. The number of nitrogens with zero attached hydrogens (tertiary/aromatic N) is 1. The number of carbonyl (C=O) groups excluding carboxylic acids is 3. The topological polar surface area (TPSA) is 90.5 Å². The second-order valence-electron chi connectivity index (χ2n) is 7.12. The molecule has 3 N–H and O–H groups in total. The molecule has 0 radical (unpaired) electrons. The summed E-state index contributed by atoms with van der Waals surface area (Å²) in [4.78, 5) is 39.1. The molecule has 4 rings (SSSR count). The van der Waals surface area contributed by atoms with Crippen LogP contribution in [0, 0.1) is 0 Å². The quantitative estimate of drug-likeness (QED) is 0.518. The third-order valence-corrected chi connectivity index (χ3v) is 5.84. The summed E-state index contributed by atoms with van der Waals surface area (Å²) in [6, 6.07) is 19.4. The van der Waals surface area contributed by atoms with Gasteiger partial charge in [-0.2, -0.15) is 0 Å². The van der Waals surface area contributed by atoms with Gasteiger partial charge in [0, 0.05) is 30.0 Å². The number of carbonyl (C=O) groups is 3. The molecule has 3 aromatic rings. The highest BCUT2D eigenvalue weighted by atomic mass is 32.1. The van der Waals surface area contributed by atoms with Crippen molar-refractivity contribution in [3.8, 4) is 0 Å². The van der Waals surface area contributed by atoms with Gasteiger partial charge in [-0.15, -0.1) is 11.3 Å². The van der Waals surface area contributed by atoms with E-state index < -0.39 is 0 Å². The standard InChI is InChI=1S/C23H22N4O3S/c28-21-11-4-5-14-27(21)18-10-6-9-17(15-18)24-22(29)19-12-13-20(31-19)26-23(30)25-16-7-2-1-3-8-16/h1-3,6-10,12-13,15H,4-5,11,14H2,(H,24,29)(H2,25,26,30). The van der Waals surface area contributed by atoms with Gasteiger partial charge < -0.3 is 15.5 Å². The summed E-state index contributed by atoms with van der Waals surface area (Å²) in [7, 11) is 0. The molecule has 1 aliphatic heterocycles. The van der Waals surface area contributed by atoms with E-state index in [4.69, 9.17) is 0 Å². The predicted octanol–water partition coefficient (Wildman–Crippen LogP) is 5.16. The molecular formula is C23H22N4O3S. The number of hydrogen-bond acceptors (Lipinski definition) is 4. The zero-order valence-corrected chi connectivity index (χ0v) is 17.6. The van der Waals surface area contributed by atoms with Gasteiger partial charge in [0.15, 0.2) is 0 Å². The Balaban J connectivity index is 1.37. The summed E-state index contributed by atoms with van der Waals surface area (Å²) >= 11 is 1.18. The second-order valence-corrected chi connectivity index (χ2v) is 8.20. The molecule has 0 unspecified atom stereocenters. The van der Waals surface area contributed by atoms with Crippen molar-refractivity contribution in [1.82, 2.24) is 0 Å². The maximum absolute atomic E-state index is 12.6. The third-order valence-electron chi connectivity index (χ3n) is 4.84. The molecule has 4 amide bonds. The number of hydrogen-bond donors (Lipinski definition) is 3. The van der Waals surface area contributed by atoms with Gasteiger partial charge in [-0.3, -0.25) is 14.9 Å². The molecule has 1 aliphatic rings. The van der Waals surface area contributed by atoms with E-state index in [0.29, 0.717) is 34.2 Å². The molecule has 1 aromatic heterocycles. The number of urea groups is 1. The maximum Gasteiger partial charge on any atom is 0.324 e. The van der Waals surface area contributed by atoms with Crippen molar-refractivity contribution >= 4 is 51.2 Å². The first kappa shape index (κ1) is 20.6. The van der Waals surface area contributed by atoms with E-state index in [1.165, 1.54) is 11.3 Å². The van der Waals surface area contributed by atoms with Crippen molar-refractivity contribution in [1.29, 1.82) is 0 Å². The normalized spacial score (nSPS) is 13.5. The van der Waals surface area contributed by atoms with Crippen LogP contribution in [-0.2, 0) is 4.79 Å². The fourth-order valence-electron chi connectivity index (χ4n) is 3.35. The predicted molar refractivity (Wildman–Crippen MR) is 124 cm³/mol. The first-order chi connectivity index (χ1) is 15.1.